The Labute approximate surface area is 147 Å². The van der Waals surface area contributed by atoms with Gasteiger partial charge in [-0.05, 0) is 29.7 Å². The van der Waals surface area contributed by atoms with E-state index in [1.54, 1.807) is 17.7 Å². The highest BCUT2D eigenvalue weighted by Gasteiger charge is 2.34. The molecule has 3 rings (SSSR count). The fraction of sp³-hybridized carbons (Fsp3) is 0.412. The molecule has 7 heteroatoms. The molecule has 0 aliphatic carbocycles. The Hall–Kier alpha value is -1.92. The van der Waals surface area contributed by atoms with E-state index in [0.717, 1.165) is 17.7 Å². The predicted molar refractivity (Wildman–Crippen MR) is 92.5 cm³/mol. The largest absolute Gasteiger partial charge is 0.352 e. The summed E-state index contributed by atoms with van der Waals surface area (Å²) in [6.07, 6.45) is 3.76. The SMILES string of the molecule is Cc1ccc(CNC(=O)[C@H]2CNC[C@@H]2c2cnn(C)c2)cc1F.Cl. The summed E-state index contributed by atoms with van der Waals surface area (Å²) >= 11 is 0. The zero-order valence-corrected chi connectivity index (χ0v) is 14.6. The van der Waals surface area contributed by atoms with E-state index in [2.05, 4.69) is 15.7 Å². The number of carbonyl (C=O) groups is 1. The number of nitrogens with one attached hydrogen (secondary N) is 2. The van der Waals surface area contributed by atoms with E-state index in [4.69, 9.17) is 0 Å². The third kappa shape index (κ3) is 3.94. The lowest BCUT2D eigenvalue weighted by molar-refractivity contribution is -0.125. The average Bonchev–Trinajstić information content (AvgIpc) is 3.16. The van der Waals surface area contributed by atoms with Crippen molar-refractivity contribution in [1.29, 1.82) is 0 Å². The highest BCUT2D eigenvalue weighted by molar-refractivity contribution is 5.85. The van der Waals surface area contributed by atoms with Crippen molar-refractivity contribution in [1.82, 2.24) is 20.4 Å². The topological polar surface area (TPSA) is 59.0 Å². The van der Waals surface area contributed by atoms with Crippen LogP contribution in [0.5, 0.6) is 0 Å². The van der Waals surface area contributed by atoms with Crippen LogP contribution in [0.3, 0.4) is 0 Å². The molecule has 24 heavy (non-hydrogen) atoms. The minimum Gasteiger partial charge on any atom is -0.352 e. The first kappa shape index (κ1) is 18.4. The van der Waals surface area contributed by atoms with Crippen molar-refractivity contribution >= 4 is 18.3 Å². The quantitative estimate of drug-likeness (QED) is 0.883. The van der Waals surface area contributed by atoms with Gasteiger partial charge in [0.25, 0.3) is 0 Å². The van der Waals surface area contributed by atoms with Gasteiger partial charge in [-0.2, -0.15) is 5.10 Å². The maximum absolute atomic E-state index is 13.6. The molecular formula is C17H22ClFN4O. The minimum atomic E-state index is -0.243. The molecule has 2 atom stereocenters. The number of aromatic nitrogens is 2. The van der Waals surface area contributed by atoms with E-state index in [1.807, 2.05) is 25.5 Å². The van der Waals surface area contributed by atoms with Crippen LogP contribution in [-0.2, 0) is 18.4 Å². The molecule has 130 valence electrons. The molecule has 0 radical (unpaired) electrons. The van der Waals surface area contributed by atoms with Crippen LogP contribution in [0, 0.1) is 18.7 Å². The highest BCUT2D eigenvalue weighted by Crippen LogP contribution is 2.27. The van der Waals surface area contributed by atoms with Gasteiger partial charge in [0, 0.05) is 38.8 Å². The smallest absolute Gasteiger partial charge is 0.225 e. The van der Waals surface area contributed by atoms with Crippen molar-refractivity contribution in [3.05, 3.63) is 53.1 Å². The molecule has 1 amide bonds. The van der Waals surface area contributed by atoms with Crippen molar-refractivity contribution < 1.29 is 9.18 Å². The number of aryl methyl sites for hydroxylation is 2. The number of hydrogen-bond acceptors (Lipinski definition) is 3. The van der Waals surface area contributed by atoms with Crippen molar-refractivity contribution in [3.63, 3.8) is 0 Å². The third-order valence-corrected chi connectivity index (χ3v) is 4.41. The van der Waals surface area contributed by atoms with E-state index in [1.165, 1.54) is 6.07 Å². The van der Waals surface area contributed by atoms with Crippen LogP contribution in [0.2, 0.25) is 0 Å². The maximum atomic E-state index is 13.6. The summed E-state index contributed by atoms with van der Waals surface area (Å²) in [5, 5.41) is 10.4. The lowest BCUT2D eigenvalue weighted by Gasteiger charge is -2.17. The fourth-order valence-corrected chi connectivity index (χ4v) is 3.00. The van der Waals surface area contributed by atoms with Crippen molar-refractivity contribution in [2.75, 3.05) is 13.1 Å². The van der Waals surface area contributed by atoms with Gasteiger partial charge in [0.2, 0.25) is 5.91 Å². The Morgan fingerprint density at radius 3 is 2.92 bits per heavy atom. The fourth-order valence-electron chi connectivity index (χ4n) is 3.00. The summed E-state index contributed by atoms with van der Waals surface area (Å²) in [6, 6.07) is 5.04. The first-order valence-electron chi connectivity index (χ1n) is 7.76. The minimum absolute atomic E-state index is 0. The number of benzene rings is 1. The molecule has 2 heterocycles. The lowest BCUT2D eigenvalue weighted by Crippen LogP contribution is -2.34. The van der Waals surface area contributed by atoms with Gasteiger partial charge in [-0.15, -0.1) is 12.4 Å². The Bertz CT molecular complexity index is 718. The molecule has 1 fully saturated rings. The molecule has 1 aromatic heterocycles. The Balaban J connectivity index is 0.00000208. The number of halogens is 2. The summed E-state index contributed by atoms with van der Waals surface area (Å²) in [6.45, 7) is 3.48. The van der Waals surface area contributed by atoms with Crippen LogP contribution in [0.1, 0.15) is 22.6 Å². The van der Waals surface area contributed by atoms with Crippen LogP contribution in [-0.4, -0.2) is 28.8 Å². The van der Waals surface area contributed by atoms with Gasteiger partial charge >= 0.3 is 0 Å². The second-order valence-corrected chi connectivity index (χ2v) is 6.12. The first-order chi connectivity index (χ1) is 11.0. The third-order valence-electron chi connectivity index (χ3n) is 4.41. The van der Waals surface area contributed by atoms with Gasteiger partial charge in [-0.25, -0.2) is 4.39 Å². The molecule has 1 saturated heterocycles. The second-order valence-electron chi connectivity index (χ2n) is 6.12. The Morgan fingerprint density at radius 2 is 2.25 bits per heavy atom. The predicted octanol–water partition coefficient (Wildman–Crippen LogP) is 1.91. The van der Waals surface area contributed by atoms with Crippen molar-refractivity contribution in [2.24, 2.45) is 13.0 Å². The van der Waals surface area contributed by atoms with Crippen LogP contribution >= 0.6 is 12.4 Å². The van der Waals surface area contributed by atoms with Gasteiger partial charge < -0.3 is 10.6 Å². The number of nitrogens with zero attached hydrogens (tertiary/aromatic N) is 2. The lowest BCUT2D eigenvalue weighted by atomic mass is 9.90. The summed E-state index contributed by atoms with van der Waals surface area (Å²) < 4.78 is 15.3. The van der Waals surface area contributed by atoms with E-state index in [0.29, 0.717) is 18.7 Å². The first-order valence-corrected chi connectivity index (χ1v) is 7.76. The van der Waals surface area contributed by atoms with E-state index < -0.39 is 0 Å². The monoisotopic (exact) mass is 352 g/mol. The van der Waals surface area contributed by atoms with E-state index >= 15 is 0 Å². The van der Waals surface area contributed by atoms with Gasteiger partial charge in [0.05, 0.1) is 12.1 Å². The molecule has 2 aromatic rings. The van der Waals surface area contributed by atoms with Crippen molar-refractivity contribution in [3.8, 4) is 0 Å². The standard InChI is InChI=1S/C17H21FN4O.ClH/c1-11-3-4-12(5-16(11)18)6-20-17(23)15-9-19-8-14(15)13-7-21-22(2)10-13;/h3-5,7,10,14-15,19H,6,8-9H2,1-2H3,(H,20,23);1H/t14-,15+;/m1./s1. The normalized spacial score (nSPS) is 19.8. The zero-order chi connectivity index (χ0) is 16.4. The van der Waals surface area contributed by atoms with Crippen LogP contribution in [0.4, 0.5) is 4.39 Å². The second kappa shape index (κ2) is 7.77. The molecule has 1 aliphatic heterocycles. The molecule has 5 nitrogen and oxygen atoms in total. The van der Waals surface area contributed by atoms with Crippen molar-refractivity contribution in [2.45, 2.75) is 19.4 Å². The summed E-state index contributed by atoms with van der Waals surface area (Å²) in [5.41, 5.74) is 2.45. The van der Waals surface area contributed by atoms with Gasteiger partial charge in [0.1, 0.15) is 5.82 Å². The van der Waals surface area contributed by atoms with Gasteiger partial charge in [0.15, 0.2) is 0 Å². The molecule has 0 spiro atoms. The van der Waals surface area contributed by atoms with E-state index in [9.17, 15) is 9.18 Å². The highest BCUT2D eigenvalue weighted by atomic mass is 35.5. The van der Waals surface area contributed by atoms with Gasteiger partial charge in [-0.3, -0.25) is 9.48 Å². The van der Waals surface area contributed by atoms with Crippen LogP contribution in [0.25, 0.3) is 0 Å². The van der Waals surface area contributed by atoms with Crippen LogP contribution in [0.15, 0.2) is 30.6 Å². The van der Waals surface area contributed by atoms with E-state index in [-0.39, 0.29) is 36.0 Å². The van der Waals surface area contributed by atoms with Gasteiger partial charge in [-0.1, -0.05) is 12.1 Å². The zero-order valence-electron chi connectivity index (χ0n) is 13.8. The molecule has 0 saturated carbocycles. The average molecular weight is 353 g/mol. The molecular weight excluding hydrogens is 331 g/mol. The number of amides is 1. The molecule has 0 unspecified atom stereocenters. The summed E-state index contributed by atoms with van der Waals surface area (Å²) in [4.78, 5) is 12.5. The maximum Gasteiger partial charge on any atom is 0.225 e. The number of rotatable bonds is 4. The molecule has 0 bridgehead atoms. The summed E-state index contributed by atoms with van der Waals surface area (Å²) in [7, 11) is 1.87. The number of carbonyl (C=O) groups excluding carboxylic acids is 1. The Morgan fingerprint density at radius 1 is 1.46 bits per heavy atom. The molecule has 1 aliphatic rings. The summed E-state index contributed by atoms with van der Waals surface area (Å²) in [5.74, 6) is -0.259. The molecule has 1 aromatic carbocycles. The number of hydrogen-bond donors (Lipinski definition) is 2. The van der Waals surface area contributed by atoms with Crippen LogP contribution < -0.4 is 10.6 Å². The Kier molecular flexibility index (Phi) is 5.96. The molecule has 2 N–H and O–H groups in total.